The normalized spacial score (nSPS) is 19.1. The SMILES string of the molecule is COC(=O)CC1c2ccccc2N=C(N2CCN(c3ccncc3)CC2)N1c1ccc2c(c1)CCCC2. The number of ether oxygens (including phenoxy) is 1. The number of aromatic nitrogens is 1. The van der Waals surface area contributed by atoms with E-state index >= 15 is 0 Å². The van der Waals surface area contributed by atoms with E-state index in [9.17, 15) is 4.79 Å². The lowest BCUT2D eigenvalue weighted by Crippen LogP contribution is -2.55. The van der Waals surface area contributed by atoms with Gasteiger partial charge in [-0.05, 0) is 67.1 Å². The van der Waals surface area contributed by atoms with E-state index in [4.69, 9.17) is 9.73 Å². The number of rotatable bonds is 4. The molecule has 0 saturated carbocycles. The molecule has 3 aliphatic rings. The fraction of sp³-hybridized carbons (Fsp3) is 0.367. The molecule has 1 atom stereocenters. The summed E-state index contributed by atoms with van der Waals surface area (Å²) >= 11 is 0. The van der Waals surface area contributed by atoms with Gasteiger partial charge in [-0.15, -0.1) is 0 Å². The van der Waals surface area contributed by atoms with E-state index in [1.165, 1.54) is 36.8 Å². The number of para-hydroxylation sites is 1. The predicted molar refractivity (Wildman–Crippen MR) is 146 cm³/mol. The number of anilines is 2. The van der Waals surface area contributed by atoms with Crippen molar-refractivity contribution in [2.75, 3.05) is 43.1 Å². The molecule has 37 heavy (non-hydrogen) atoms. The van der Waals surface area contributed by atoms with Crippen LogP contribution in [0, 0.1) is 0 Å². The molecule has 0 spiro atoms. The van der Waals surface area contributed by atoms with E-state index in [1.807, 2.05) is 24.5 Å². The first kappa shape index (κ1) is 23.5. The Morgan fingerprint density at radius 2 is 1.62 bits per heavy atom. The summed E-state index contributed by atoms with van der Waals surface area (Å²) in [6.07, 6.45) is 8.68. The van der Waals surface area contributed by atoms with Crippen LogP contribution in [0.1, 0.15) is 42.0 Å². The molecule has 7 heteroatoms. The van der Waals surface area contributed by atoms with E-state index in [0.717, 1.165) is 61.9 Å². The molecule has 190 valence electrons. The van der Waals surface area contributed by atoms with E-state index in [0.29, 0.717) is 0 Å². The van der Waals surface area contributed by atoms with E-state index in [-0.39, 0.29) is 18.4 Å². The van der Waals surface area contributed by atoms with Crippen molar-refractivity contribution in [1.29, 1.82) is 0 Å². The number of carbonyl (C=O) groups excluding carboxylic acids is 1. The van der Waals surface area contributed by atoms with Gasteiger partial charge in [-0.3, -0.25) is 9.78 Å². The maximum absolute atomic E-state index is 12.7. The molecule has 6 rings (SSSR count). The molecule has 1 aromatic heterocycles. The predicted octanol–water partition coefficient (Wildman–Crippen LogP) is 4.89. The molecule has 0 bridgehead atoms. The summed E-state index contributed by atoms with van der Waals surface area (Å²) < 4.78 is 5.16. The Bertz CT molecular complexity index is 1300. The first-order valence-corrected chi connectivity index (χ1v) is 13.3. The number of fused-ring (bicyclic) bond motifs is 2. The van der Waals surface area contributed by atoms with Gasteiger partial charge in [0.15, 0.2) is 0 Å². The number of aliphatic imine (C=N–C) groups is 1. The van der Waals surface area contributed by atoms with Crippen LogP contribution in [0.3, 0.4) is 0 Å². The minimum absolute atomic E-state index is 0.184. The Morgan fingerprint density at radius 3 is 2.41 bits per heavy atom. The summed E-state index contributed by atoms with van der Waals surface area (Å²) in [5.74, 6) is 0.698. The van der Waals surface area contributed by atoms with Crippen LogP contribution in [0.2, 0.25) is 0 Å². The van der Waals surface area contributed by atoms with Crippen molar-refractivity contribution in [2.45, 2.75) is 38.1 Å². The molecule has 1 saturated heterocycles. The van der Waals surface area contributed by atoms with Gasteiger partial charge in [-0.25, -0.2) is 4.99 Å². The maximum atomic E-state index is 12.7. The highest BCUT2D eigenvalue weighted by Crippen LogP contribution is 2.41. The second kappa shape index (κ2) is 10.2. The number of hydrogen-bond donors (Lipinski definition) is 0. The Balaban J connectivity index is 1.39. The second-order valence-corrected chi connectivity index (χ2v) is 9.98. The number of esters is 1. The Morgan fingerprint density at radius 1 is 0.892 bits per heavy atom. The lowest BCUT2D eigenvalue weighted by Gasteiger charge is -2.45. The zero-order valence-electron chi connectivity index (χ0n) is 21.3. The average molecular weight is 496 g/mol. The van der Waals surface area contributed by atoms with Crippen LogP contribution in [0.4, 0.5) is 17.1 Å². The number of pyridine rings is 1. The van der Waals surface area contributed by atoms with Gasteiger partial charge in [0, 0.05) is 55.5 Å². The molecule has 2 aliphatic heterocycles. The lowest BCUT2D eigenvalue weighted by atomic mass is 9.90. The molecule has 0 amide bonds. The van der Waals surface area contributed by atoms with Crippen LogP contribution >= 0.6 is 0 Å². The number of carbonyl (C=O) groups is 1. The topological polar surface area (TPSA) is 61.3 Å². The molecule has 1 fully saturated rings. The smallest absolute Gasteiger partial charge is 0.307 e. The molecular weight excluding hydrogens is 462 g/mol. The molecule has 3 heterocycles. The fourth-order valence-electron chi connectivity index (χ4n) is 5.86. The van der Waals surface area contributed by atoms with Crippen molar-refractivity contribution in [2.24, 2.45) is 4.99 Å². The van der Waals surface area contributed by atoms with Gasteiger partial charge in [-0.1, -0.05) is 24.3 Å². The Kier molecular flexibility index (Phi) is 6.51. The monoisotopic (exact) mass is 495 g/mol. The molecule has 0 radical (unpaired) electrons. The van der Waals surface area contributed by atoms with Gasteiger partial charge in [0.2, 0.25) is 5.96 Å². The lowest BCUT2D eigenvalue weighted by molar-refractivity contribution is -0.141. The van der Waals surface area contributed by atoms with Gasteiger partial charge >= 0.3 is 5.97 Å². The van der Waals surface area contributed by atoms with Gasteiger partial charge in [0.25, 0.3) is 0 Å². The summed E-state index contributed by atoms with van der Waals surface area (Å²) in [5.41, 5.74) is 7.14. The highest BCUT2D eigenvalue weighted by atomic mass is 16.5. The van der Waals surface area contributed by atoms with E-state index < -0.39 is 0 Å². The number of piperazine rings is 1. The summed E-state index contributed by atoms with van der Waals surface area (Å²) in [4.78, 5) is 29.1. The van der Waals surface area contributed by atoms with Crippen molar-refractivity contribution >= 4 is 29.0 Å². The average Bonchev–Trinajstić information content (AvgIpc) is 2.97. The van der Waals surface area contributed by atoms with Gasteiger partial charge in [0.1, 0.15) is 0 Å². The highest BCUT2D eigenvalue weighted by molar-refractivity contribution is 6.01. The second-order valence-electron chi connectivity index (χ2n) is 9.98. The van der Waals surface area contributed by atoms with Crippen molar-refractivity contribution in [3.63, 3.8) is 0 Å². The van der Waals surface area contributed by atoms with Crippen LogP contribution < -0.4 is 9.80 Å². The van der Waals surface area contributed by atoms with Crippen LogP contribution in [0.5, 0.6) is 0 Å². The third kappa shape index (κ3) is 4.66. The summed E-state index contributed by atoms with van der Waals surface area (Å²) in [6, 6.07) is 19.0. The largest absolute Gasteiger partial charge is 0.469 e. The highest BCUT2D eigenvalue weighted by Gasteiger charge is 2.36. The quantitative estimate of drug-likeness (QED) is 0.480. The van der Waals surface area contributed by atoms with Crippen LogP contribution in [0.25, 0.3) is 0 Å². The van der Waals surface area contributed by atoms with Crippen molar-refractivity contribution in [1.82, 2.24) is 9.88 Å². The van der Waals surface area contributed by atoms with Crippen molar-refractivity contribution < 1.29 is 9.53 Å². The minimum Gasteiger partial charge on any atom is -0.469 e. The number of hydrogen-bond acceptors (Lipinski definition) is 7. The fourth-order valence-corrected chi connectivity index (χ4v) is 5.86. The Hall–Kier alpha value is -3.87. The first-order valence-electron chi connectivity index (χ1n) is 13.3. The Labute approximate surface area is 218 Å². The third-order valence-electron chi connectivity index (χ3n) is 7.83. The number of nitrogens with zero attached hydrogens (tertiary/aromatic N) is 5. The third-order valence-corrected chi connectivity index (χ3v) is 7.83. The minimum atomic E-state index is -0.216. The zero-order valence-corrected chi connectivity index (χ0v) is 21.3. The van der Waals surface area contributed by atoms with Crippen LogP contribution in [0.15, 0.2) is 72.0 Å². The molecule has 3 aromatic rings. The molecule has 0 N–H and O–H groups in total. The number of benzene rings is 2. The molecular formula is C30H33N5O2. The van der Waals surface area contributed by atoms with Crippen LogP contribution in [-0.2, 0) is 22.4 Å². The van der Waals surface area contributed by atoms with Gasteiger partial charge in [0.05, 0.1) is 25.3 Å². The number of guanidine groups is 1. The number of aryl methyl sites for hydroxylation is 2. The van der Waals surface area contributed by atoms with E-state index in [1.54, 1.807) is 0 Å². The van der Waals surface area contributed by atoms with Gasteiger partial charge < -0.3 is 19.4 Å². The summed E-state index contributed by atoms with van der Waals surface area (Å²) in [5, 5.41) is 0. The summed E-state index contributed by atoms with van der Waals surface area (Å²) in [7, 11) is 1.47. The molecule has 7 nitrogen and oxygen atoms in total. The number of methoxy groups -OCH3 is 1. The standard InChI is InChI=1S/C30H33N5O2/c1-37-29(36)21-28-26-8-4-5-9-27(26)32-30(34-18-16-33(17-19-34)24-12-14-31-15-13-24)35(28)25-11-10-22-6-2-3-7-23(22)20-25/h4-5,8-15,20,28H,2-3,6-7,16-19,21H2,1H3. The molecule has 2 aromatic carbocycles. The zero-order chi connectivity index (χ0) is 25.2. The van der Waals surface area contributed by atoms with Gasteiger partial charge in [-0.2, -0.15) is 0 Å². The first-order chi connectivity index (χ1) is 18.2. The maximum Gasteiger partial charge on any atom is 0.307 e. The van der Waals surface area contributed by atoms with Crippen molar-refractivity contribution in [3.05, 3.63) is 83.7 Å². The summed E-state index contributed by atoms with van der Waals surface area (Å²) in [6.45, 7) is 3.47. The van der Waals surface area contributed by atoms with Crippen molar-refractivity contribution in [3.8, 4) is 0 Å². The van der Waals surface area contributed by atoms with E-state index in [2.05, 4.69) is 62.1 Å². The van der Waals surface area contributed by atoms with Crippen LogP contribution in [-0.4, -0.2) is 55.1 Å². The molecule has 1 unspecified atom stereocenters. The molecule has 1 aliphatic carbocycles.